The van der Waals surface area contributed by atoms with E-state index in [0.717, 1.165) is 37.2 Å². The van der Waals surface area contributed by atoms with Crippen molar-refractivity contribution in [2.24, 2.45) is 0 Å². The molecule has 1 aromatic carbocycles. The van der Waals surface area contributed by atoms with Crippen molar-refractivity contribution in [3.63, 3.8) is 0 Å². The summed E-state index contributed by atoms with van der Waals surface area (Å²) in [5, 5.41) is 0. The molecular formula is C23H31NO3. The maximum atomic E-state index is 13.1. The molecule has 0 bridgehead atoms. The largest absolute Gasteiger partial charge is 0.467 e. The standard InChI is InChI=1S/C23H31NO3/c1-2-3-4-5-8-19-11-13-20(14-12-19)23(25)24(17-21-9-6-15-26-21)18-22-10-7-16-27-22/h6,9,11-15,22H,2-5,7-8,10,16-18H2,1H3/t22-/m0/s1. The lowest BCUT2D eigenvalue weighted by molar-refractivity contribution is 0.0491. The number of hydrogen-bond acceptors (Lipinski definition) is 3. The van der Waals surface area contributed by atoms with E-state index in [2.05, 4.69) is 19.1 Å². The number of hydrogen-bond donors (Lipinski definition) is 0. The van der Waals surface area contributed by atoms with Gasteiger partial charge in [-0.1, -0.05) is 38.3 Å². The molecule has 27 heavy (non-hydrogen) atoms. The first-order valence-corrected chi connectivity index (χ1v) is 10.3. The van der Waals surface area contributed by atoms with Gasteiger partial charge < -0.3 is 14.1 Å². The Morgan fingerprint density at radius 2 is 2.00 bits per heavy atom. The van der Waals surface area contributed by atoms with Crippen LogP contribution in [0.1, 0.15) is 67.1 Å². The number of unbranched alkanes of at least 4 members (excludes halogenated alkanes) is 3. The normalized spacial score (nSPS) is 16.6. The number of amides is 1. The van der Waals surface area contributed by atoms with Crippen LogP contribution < -0.4 is 0 Å². The second-order valence-electron chi connectivity index (χ2n) is 7.41. The highest BCUT2D eigenvalue weighted by atomic mass is 16.5. The first kappa shape index (κ1) is 19.7. The number of furan rings is 1. The Morgan fingerprint density at radius 3 is 2.67 bits per heavy atom. The molecule has 0 N–H and O–H groups in total. The lowest BCUT2D eigenvalue weighted by Gasteiger charge is -2.25. The summed E-state index contributed by atoms with van der Waals surface area (Å²) in [7, 11) is 0. The van der Waals surface area contributed by atoms with Gasteiger partial charge in [-0.2, -0.15) is 0 Å². The maximum absolute atomic E-state index is 13.1. The van der Waals surface area contributed by atoms with E-state index < -0.39 is 0 Å². The molecule has 0 spiro atoms. The van der Waals surface area contributed by atoms with Gasteiger partial charge in [0.15, 0.2) is 0 Å². The Hall–Kier alpha value is -2.07. The van der Waals surface area contributed by atoms with Crippen LogP contribution in [0.2, 0.25) is 0 Å². The summed E-state index contributed by atoms with van der Waals surface area (Å²) in [6.07, 6.45) is 9.98. The lowest BCUT2D eigenvalue weighted by Crippen LogP contribution is -2.36. The molecule has 146 valence electrons. The van der Waals surface area contributed by atoms with Crippen molar-refractivity contribution in [1.29, 1.82) is 0 Å². The number of carbonyl (C=O) groups excluding carboxylic acids is 1. The minimum absolute atomic E-state index is 0.0411. The van der Waals surface area contributed by atoms with Gasteiger partial charge in [0.05, 0.1) is 18.9 Å². The number of ether oxygens (including phenoxy) is 1. The van der Waals surface area contributed by atoms with Crippen molar-refractivity contribution >= 4 is 5.91 Å². The van der Waals surface area contributed by atoms with Crippen molar-refractivity contribution in [3.8, 4) is 0 Å². The monoisotopic (exact) mass is 369 g/mol. The fourth-order valence-electron chi connectivity index (χ4n) is 3.60. The lowest BCUT2D eigenvalue weighted by atomic mass is 10.0. The fourth-order valence-corrected chi connectivity index (χ4v) is 3.60. The SMILES string of the molecule is CCCCCCc1ccc(C(=O)N(Cc2ccco2)C[C@@H]2CCCO2)cc1. The maximum Gasteiger partial charge on any atom is 0.254 e. The van der Waals surface area contributed by atoms with Gasteiger partial charge in [-0.3, -0.25) is 4.79 Å². The van der Waals surface area contributed by atoms with Gasteiger partial charge in [0.1, 0.15) is 5.76 Å². The summed E-state index contributed by atoms with van der Waals surface area (Å²) in [5.74, 6) is 0.841. The molecule has 1 fully saturated rings. The Kier molecular flexibility index (Phi) is 7.52. The second kappa shape index (κ2) is 10.3. The van der Waals surface area contributed by atoms with Gasteiger partial charge in [0, 0.05) is 18.7 Å². The molecule has 1 atom stereocenters. The third kappa shape index (κ3) is 5.96. The van der Waals surface area contributed by atoms with Gasteiger partial charge in [-0.25, -0.2) is 0 Å². The second-order valence-corrected chi connectivity index (χ2v) is 7.41. The van der Waals surface area contributed by atoms with Crippen molar-refractivity contribution in [2.45, 2.75) is 64.5 Å². The summed E-state index contributed by atoms with van der Waals surface area (Å²) >= 11 is 0. The van der Waals surface area contributed by atoms with Crippen LogP contribution in [0.4, 0.5) is 0 Å². The average Bonchev–Trinajstić information content (AvgIpc) is 3.39. The predicted molar refractivity (Wildman–Crippen MR) is 107 cm³/mol. The highest BCUT2D eigenvalue weighted by molar-refractivity contribution is 5.94. The molecule has 2 heterocycles. The molecule has 0 unspecified atom stereocenters. The molecule has 4 nitrogen and oxygen atoms in total. The van der Waals surface area contributed by atoms with Crippen molar-refractivity contribution in [3.05, 3.63) is 59.5 Å². The number of benzene rings is 1. The molecule has 0 aliphatic carbocycles. The summed E-state index contributed by atoms with van der Waals surface area (Å²) < 4.78 is 11.2. The molecule has 1 aromatic heterocycles. The van der Waals surface area contributed by atoms with Crippen LogP contribution in [0.15, 0.2) is 47.1 Å². The van der Waals surface area contributed by atoms with E-state index in [-0.39, 0.29) is 12.0 Å². The predicted octanol–water partition coefficient (Wildman–Crippen LogP) is 5.22. The molecule has 4 heteroatoms. The molecule has 1 aliphatic rings. The molecule has 0 radical (unpaired) electrons. The van der Waals surface area contributed by atoms with Gasteiger partial charge in [0.25, 0.3) is 5.91 Å². The fraction of sp³-hybridized carbons (Fsp3) is 0.522. The van der Waals surface area contributed by atoms with Crippen molar-refractivity contribution in [2.75, 3.05) is 13.2 Å². The van der Waals surface area contributed by atoms with Gasteiger partial charge in [0.2, 0.25) is 0 Å². The Balaban J connectivity index is 1.63. The van der Waals surface area contributed by atoms with Crippen LogP contribution >= 0.6 is 0 Å². The number of aryl methyl sites for hydroxylation is 1. The van der Waals surface area contributed by atoms with E-state index in [0.29, 0.717) is 13.1 Å². The highest BCUT2D eigenvalue weighted by Gasteiger charge is 2.24. The van der Waals surface area contributed by atoms with Gasteiger partial charge in [-0.05, 0) is 55.5 Å². The van der Waals surface area contributed by atoms with E-state index in [4.69, 9.17) is 9.15 Å². The van der Waals surface area contributed by atoms with Crippen molar-refractivity contribution < 1.29 is 13.9 Å². The van der Waals surface area contributed by atoms with E-state index in [1.807, 2.05) is 29.2 Å². The quantitative estimate of drug-likeness (QED) is 0.539. The minimum atomic E-state index is 0.0411. The Bertz CT molecular complexity index is 672. The molecule has 2 aromatic rings. The zero-order valence-corrected chi connectivity index (χ0v) is 16.4. The molecule has 1 aliphatic heterocycles. The van der Waals surface area contributed by atoms with E-state index in [1.54, 1.807) is 6.26 Å². The Morgan fingerprint density at radius 1 is 1.15 bits per heavy atom. The van der Waals surface area contributed by atoms with Gasteiger partial charge >= 0.3 is 0 Å². The van der Waals surface area contributed by atoms with Crippen molar-refractivity contribution in [1.82, 2.24) is 4.90 Å². The smallest absolute Gasteiger partial charge is 0.254 e. The number of rotatable bonds is 10. The van der Waals surface area contributed by atoms with Crippen LogP contribution in [-0.4, -0.2) is 30.1 Å². The van der Waals surface area contributed by atoms with Crippen LogP contribution in [0.5, 0.6) is 0 Å². The number of nitrogens with zero attached hydrogens (tertiary/aromatic N) is 1. The minimum Gasteiger partial charge on any atom is -0.467 e. The number of carbonyl (C=O) groups is 1. The zero-order chi connectivity index (χ0) is 18.9. The van der Waals surface area contributed by atoms with E-state index >= 15 is 0 Å². The van der Waals surface area contributed by atoms with E-state index in [9.17, 15) is 4.79 Å². The summed E-state index contributed by atoms with van der Waals surface area (Å²) in [4.78, 5) is 15.0. The Labute approximate surface area is 162 Å². The van der Waals surface area contributed by atoms with Crippen LogP contribution in [0, 0.1) is 0 Å². The third-order valence-corrected chi connectivity index (χ3v) is 5.18. The van der Waals surface area contributed by atoms with E-state index in [1.165, 1.54) is 31.2 Å². The van der Waals surface area contributed by atoms with Gasteiger partial charge in [-0.15, -0.1) is 0 Å². The first-order valence-electron chi connectivity index (χ1n) is 10.3. The summed E-state index contributed by atoms with van der Waals surface area (Å²) in [6, 6.07) is 11.9. The van der Waals surface area contributed by atoms with Crippen LogP contribution in [0.25, 0.3) is 0 Å². The average molecular weight is 370 g/mol. The van der Waals surface area contributed by atoms with Crippen LogP contribution in [-0.2, 0) is 17.7 Å². The first-order chi connectivity index (χ1) is 13.3. The van der Waals surface area contributed by atoms with Crippen LogP contribution in [0.3, 0.4) is 0 Å². The zero-order valence-electron chi connectivity index (χ0n) is 16.4. The summed E-state index contributed by atoms with van der Waals surface area (Å²) in [6.45, 7) is 4.11. The third-order valence-electron chi connectivity index (χ3n) is 5.18. The molecule has 1 amide bonds. The molecular weight excluding hydrogens is 338 g/mol. The molecule has 3 rings (SSSR count). The highest BCUT2D eigenvalue weighted by Crippen LogP contribution is 2.18. The topological polar surface area (TPSA) is 42.7 Å². The molecule has 0 saturated carbocycles. The summed E-state index contributed by atoms with van der Waals surface area (Å²) in [5.41, 5.74) is 2.04. The molecule has 1 saturated heterocycles.